The van der Waals surface area contributed by atoms with Crippen LogP contribution in [0.25, 0.3) is 5.57 Å². The molecule has 3 nitrogen and oxygen atoms in total. The van der Waals surface area contributed by atoms with Crippen LogP contribution < -0.4 is 0 Å². The number of aliphatic hydroxyl groups excluding tert-OH is 1. The SMILES string of the molecule is CN(CCCO)Sc1ccc2c(c1)CCC1C2CCC2(C)C(c3cncc(F)c3)=CCC12. The molecule has 1 heterocycles. The highest BCUT2D eigenvalue weighted by molar-refractivity contribution is 7.97. The number of halogens is 1. The molecule has 1 fully saturated rings. The van der Waals surface area contributed by atoms with Gasteiger partial charge in [0, 0.05) is 24.2 Å². The second kappa shape index (κ2) is 8.92. The van der Waals surface area contributed by atoms with E-state index in [1.165, 1.54) is 35.1 Å². The van der Waals surface area contributed by atoms with Gasteiger partial charge < -0.3 is 5.11 Å². The van der Waals surface area contributed by atoms with Crippen LogP contribution in [0.5, 0.6) is 0 Å². The Labute approximate surface area is 195 Å². The standard InChI is InChI=1S/C27H33FN2OS/c1-27-11-10-23-22-7-5-21(32-30(2)12-3-13-31)15-18(22)4-6-24(23)26(27)9-8-25(27)19-14-20(28)17-29-16-19/h5,7-8,14-17,23-24,26,31H,3-4,6,9-13H2,1-2H3. The Kier molecular flexibility index (Phi) is 6.17. The number of aromatic nitrogens is 1. The summed E-state index contributed by atoms with van der Waals surface area (Å²) >= 11 is 1.78. The summed E-state index contributed by atoms with van der Waals surface area (Å²) in [4.78, 5) is 5.42. The summed E-state index contributed by atoms with van der Waals surface area (Å²) in [6, 6.07) is 8.73. The Balaban J connectivity index is 1.35. The molecule has 0 radical (unpaired) electrons. The molecule has 0 aliphatic heterocycles. The Morgan fingerprint density at radius 1 is 1.25 bits per heavy atom. The predicted molar refractivity (Wildman–Crippen MR) is 129 cm³/mol. The number of benzene rings is 1. The third-order valence-corrected chi connectivity index (χ3v) is 9.15. The van der Waals surface area contributed by atoms with Crippen LogP contribution in [0.2, 0.25) is 0 Å². The van der Waals surface area contributed by atoms with Crippen LogP contribution in [0.15, 0.2) is 47.6 Å². The van der Waals surface area contributed by atoms with Crippen molar-refractivity contribution in [1.82, 2.24) is 9.29 Å². The van der Waals surface area contributed by atoms with Crippen LogP contribution in [-0.2, 0) is 6.42 Å². The summed E-state index contributed by atoms with van der Waals surface area (Å²) in [5.41, 5.74) is 5.50. The molecule has 4 atom stereocenters. The van der Waals surface area contributed by atoms with E-state index in [2.05, 4.69) is 47.5 Å². The van der Waals surface area contributed by atoms with Crippen LogP contribution in [0.1, 0.15) is 61.6 Å². The normalized spacial score (nSPS) is 28.8. The molecular weight excluding hydrogens is 419 g/mol. The molecule has 0 spiro atoms. The van der Waals surface area contributed by atoms with Crippen molar-refractivity contribution < 1.29 is 9.50 Å². The number of pyridine rings is 1. The maximum atomic E-state index is 13.9. The molecule has 1 saturated carbocycles. The summed E-state index contributed by atoms with van der Waals surface area (Å²) in [6.07, 6.45) is 12.2. The van der Waals surface area contributed by atoms with Gasteiger partial charge in [-0.3, -0.25) is 4.98 Å². The van der Waals surface area contributed by atoms with Crippen molar-refractivity contribution in [2.45, 2.75) is 56.3 Å². The maximum absolute atomic E-state index is 13.9. The molecule has 1 N–H and O–H groups in total. The third kappa shape index (κ3) is 3.93. The van der Waals surface area contributed by atoms with Crippen LogP contribution in [0.4, 0.5) is 4.39 Å². The number of allylic oxidation sites excluding steroid dienone is 2. The average molecular weight is 453 g/mol. The molecule has 1 aromatic heterocycles. The number of fused-ring (bicyclic) bond motifs is 5. The van der Waals surface area contributed by atoms with E-state index in [1.807, 2.05) is 6.20 Å². The highest BCUT2D eigenvalue weighted by Gasteiger charge is 2.51. The molecule has 5 heteroatoms. The Morgan fingerprint density at radius 3 is 2.94 bits per heavy atom. The van der Waals surface area contributed by atoms with Gasteiger partial charge in [-0.15, -0.1) is 0 Å². The van der Waals surface area contributed by atoms with E-state index >= 15 is 0 Å². The molecule has 3 aliphatic rings. The van der Waals surface area contributed by atoms with E-state index in [9.17, 15) is 4.39 Å². The molecule has 32 heavy (non-hydrogen) atoms. The molecule has 1 aromatic carbocycles. The first-order valence-electron chi connectivity index (χ1n) is 11.9. The zero-order valence-electron chi connectivity index (χ0n) is 19.1. The Morgan fingerprint density at radius 2 is 2.12 bits per heavy atom. The van der Waals surface area contributed by atoms with Crippen molar-refractivity contribution in [3.8, 4) is 0 Å². The molecule has 0 bridgehead atoms. The van der Waals surface area contributed by atoms with Crippen molar-refractivity contribution in [2.24, 2.45) is 17.3 Å². The molecule has 5 rings (SSSR count). The Hall–Kier alpha value is -1.69. The molecule has 0 saturated heterocycles. The van der Waals surface area contributed by atoms with Crippen molar-refractivity contribution >= 4 is 17.5 Å². The van der Waals surface area contributed by atoms with E-state index in [0.717, 1.165) is 37.8 Å². The summed E-state index contributed by atoms with van der Waals surface area (Å²) in [7, 11) is 2.09. The lowest BCUT2D eigenvalue weighted by Crippen LogP contribution is -2.40. The second-order valence-electron chi connectivity index (χ2n) is 10.00. The van der Waals surface area contributed by atoms with Crippen LogP contribution in [-0.4, -0.2) is 34.6 Å². The van der Waals surface area contributed by atoms with Gasteiger partial charge in [0.2, 0.25) is 0 Å². The molecular formula is C27H33FN2OS. The predicted octanol–water partition coefficient (Wildman–Crippen LogP) is 6.09. The zero-order valence-corrected chi connectivity index (χ0v) is 19.9. The van der Waals surface area contributed by atoms with Crippen LogP contribution in [0.3, 0.4) is 0 Å². The van der Waals surface area contributed by atoms with E-state index in [-0.39, 0.29) is 17.8 Å². The smallest absolute Gasteiger partial charge is 0.142 e. The van der Waals surface area contributed by atoms with Crippen LogP contribution >= 0.6 is 11.9 Å². The average Bonchev–Trinajstić information content (AvgIpc) is 3.14. The van der Waals surface area contributed by atoms with Gasteiger partial charge in [0.05, 0.1) is 6.20 Å². The van der Waals surface area contributed by atoms with Crippen molar-refractivity contribution in [2.75, 3.05) is 20.2 Å². The lowest BCUT2D eigenvalue weighted by molar-refractivity contribution is 0.0885. The quantitative estimate of drug-likeness (QED) is 0.538. The van der Waals surface area contributed by atoms with Gasteiger partial charge in [-0.2, -0.15) is 0 Å². The lowest BCUT2D eigenvalue weighted by Gasteiger charge is -2.50. The van der Waals surface area contributed by atoms with E-state index in [4.69, 9.17) is 5.11 Å². The van der Waals surface area contributed by atoms with Crippen molar-refractivity contribution in [3.63, 3.8) is 0 Å². The number of aliphatic hydroxyl groups is 1. The fraction of sp³-hybridized carbons (Fsp3) is 0.519. The molecule has 0 amide bonds. The Bertz CT molecular complexity index is 1020. The highest BCUT2D eigenvalue weighted by atomic mass is 32.2. The van der Waals surface area contributed by atoms with Crippen LogP contribution in [0, 0.1) is 23.1 Å². The summed E-state index contributed by atoms with van der Waals surface area (Å²) in [6.45, 7) is 3.54. The summed E-state index contributed by atoms with van der Waals surface area (Å²) in [5, 5.41) is 9.07. The fourth-order valence-electron chi connectivity index (χ4n) is 6.71. The molecule has 4 unspecified atom stereocenters. The first-order chi connectivity index (χ1) is 15.5. The minimum atomic E-state index is -0.244. The third-order valence-electron chi connectivity index (χ3n) is 8.19. The first-order valence-corrected chi connectivity index (χ1v) is 12.7. The number of hydrogen-bond acceptors (Lipinski definition) is 4. The van der Waals surface area contributed by atoms with Gasteiger partial charge in [0.1, 0.15) is 5.82 Å². The maximum Gasteiger partial charge on any atom is 0.142 e. The monoisotopic (exact) mass is 452 g/mol. The zero-order chi connectivity index (χ0) is 22.3. The van der Waals surface area contributed by atoms with Gasteiger partial charge in [-0.05, 0) is 121 Å². The van der Waals surface area contributed by atoms with E-state index in [0.29, 0.717) is 17.8 Å². The number of rotatable bonds is 6. The van der Waals surface area contributed by atoms with Gasteiger partial charge >= 0.3 is 0 Å². The second-order valence-corrected chi connectivity index (χ2v) is 11.3. The molecule has 3 aliphatic carbocycles. The number of nitrogens with zero attached hydrogens (tertiary/aromatic N) is 2. The minimum Gasteiger partial charge on any atom is -0.396 e. The fourth-order valence-corrected chi connectivity index (χ4v) is 7.61. The molecule has 2 aromatic rings. The largest absolute Gasteiger partial charge is 0.396 e. The number of hydrogen-bond donors (Lipinski definition) is 1. The minimum absolute atomic E-state index is 0.124. The first kappa shape index (κ1) is 22.1. The molecule has 170 valence electrons. The lowest BCUT2D eigenvalue weighted by atomic mass is 9.54. The van der Waals surface area contributed by atoms with Crippen molar-refractivity contribution in [1.29, 1.82) is 0 Å². The van der Waals surface area contributed by atoms with E-state index < -0.39 is 0 Å². The number of aryl methyl sites for hydroxylation is 1. The van der Waals surface area contributed by atoms with Gasteiger partial charge in [-0.25, -0.2) is 8.70 Å². The topological polar surface area (TPSA) is 36.4 Å². The van der Waals surface area contributed by atoms with Gasteiger partial charge in [-0.1, -0.05) is 19.1 Å². The van der Waals surface area contributed by atoms with Crippen molar-refractivity contribution in [3.05, 3.63) is 65.2 Å². The highest BCUT2D eigenvalue weighted by Crippen LogP contribution is 2.63. The van der Waals surface area contributed by atoms with Gasteiger partial charge in [0.15, 0.2) is 0 Å². The van der Waals surface area contributed by atoms with Gasteiger partial charge in [0.25, 0.3) is 0 Å². The summed E-state index contributed by atoms with van der Waals surface area (Å²) in [5.74, 6) is 1.72. The summed E-state index contributed by atoms with van der Waals surface area (Å²) < 4.78 is 16.1. The van der Waals surface area contributed by atoms with E-state index in [1.54, 1.807) is 23.6 Å².